The average Bonchev–Trinajstić information content (AvgIpc) is 3.02. The maximum atomic E-state index is 4.44. The number of aryl methyl sites for hydroxylation is 1. The molecule has 1 aromatic heterocycles. The number of aromatic nitrogens is 1. The molecule has 0 aliphatic rings. The molecule has 6 heteroatoms. The Morgan fingerprint density at radius 3 is 2.65 bits per heavy atom. The number of nitrogens with zero attached hydrogens (tertiary/aromatic N) is 2. The van der Waals surface area contributed by atoms with Crippen molar-refractivity contribution in [2.24, 2.45) is 4.99 Å². The Kier molecular flexibility index (Phi) is 9.16. The number of hydrogen-bond donors (Lipinski definition) is 2. The minimum atomic E-state index is 0. The van der Waals surface area contributed by atoms with Crippen LogP contribution in [0.3, 0.4) is 0 Å². The number of aliphatic imine (C=N–C) groups is 1. The molecule has 0 spiro atoms. The van der Waals surface area contributed by atoms with Gasteiger partial charge in [0, 0.05) is 31.1 Å². The first-order chi connectivity index (χ1) is 10.7. The molecule has 0 aliphatic heterocycles. The van der Waals surface area contributed by atoms with Crippen molar-refractivity contribution in [2.75, 3.05) is 13.6 Å². The largest absolute Gasteiger partial charge is 0.356 e. The lowest BCUT2D eigenvalue weighted by Crippen LogP contribution is -2.39. The van der Waals surface area contributed by atoms with Crippen molar-refractivity contribution in [3.05, 3.63) is 52.0 Å². The second-order valence-electron chi connectivity index (χ2n) is 5.10. The fraction of sp³-hybridized carbons (Fsp3) is 0.412. The van der Waals surface area contributed by atoms with Crippen LogP contribution in [0, 0.1) is 0 Å². The van der Waals surface area contributed by atoms with Crippen LogP contribution < -0.4 is 10.6 Å². The van der Waals surface area contributed by atoms with Gasteiger partial charge in [-0.15, -0.1) is 35.3 Å². The second kappa shape index (κ2) is 10.6. The predicted octanol–water partition coefficient (Wildman–Crippen LogP) is 3.79. The van der Waals surface area contributed by atoms with Gasteiger partial charge < -0.3 is 10.6 Å². The Bertz CT molecular complexity index is 598. The van der Waals surface area contributed by atoms with Crippen molar-refractivity contribution in [1.82, 2.24) is 15.6 Å². The Hall–Kier alpha value is -1.15. The summed E-state index contributed by atoms with van der Waals surface area (Å²) in [4.78, 5) is 10.1. The summed E-state index contributed by atoms with van der Waals surface area (Å²) in [6.45, 7) is 5.13. The number of hydrogen-bond acceptors (Lipinski definition) is 3. The third kappa shape index (κ3) is 6.47. The lowest BCUT2D eigenvalue weighted by atomic mass is 10.1. The van der Waals surface area contributed by atoms with E-state index in [9.17, 15) is 0 Å². The summed E-state index contributed by atoms with van der Waals surface area (Å²) in [6.07, 6.45) is 3.96. The van der Waals surface area contributed by atoms with Gasteiger partial charge in [0.25, 0.3) is 0 Å². The molecular weight excluding hydrogens is 419 g/mol. The van der Waals surface area contributed by atoms with Crippen LogP contribution in [0.15, 0.2) is 41.5 Å². The number of benzene rings is 1. The van der Waals surface area contributed by atoms with Crippen LogP contribution in [-0.2, 0) is 12.8 Å². The molecule has 2 aromatic rings. The van der Waals surface area contributed by atoms with Gasteiger partial charge in [-0.1, -0.05) is 37.3 Å². The van der Waals surface area contributed by atoms with Gasteiger partial charge in [-0.05, 0) is 18.9 Å². The lowest BCUT2D eigenvalue weighted by Gasteiger charge is -2.18. The Labute approximate surface area is 159 Å². The van der Waals surface area contributed by atoms with Gasteiger partial charge >= 0.3 is 0 Å². The minimum absolute atomic E-state index is 0. The van der Waals surface area contributed by atoms with E-state index in [2.05, 4.69) is 58.7 Å². The summed E-state index contributed by atoms with van der Waals surface area (Å²) in [7, 11) is 1.80. The van der Waals surface area contributed by atoms with Crippen molar-refractivity contribution in [2.45, 2.75) is 32.7 Å². The first kappa shape index (κ1) is 19.9. The Morgan fingerprint density at radius 2 is 2.04 bits per heavy atom. The summed E-state index contributed by atoms with van der Waals surface area (Å²) in [5, 5.41) is 7.94. The van der Waals surface area contributed by atoms with Gasteiger partial charge in [-0.2, -0.15) is 0 Å². The van der Waals surface area contributed by atoms with Crippen LogP contribution in [0.5, 0.6) is 0 Å². The molecule has 1 aromatic carbocycles. The van der Waals surface area contributed by atoms with Crippen molar-refractivity contribution in [3.63, 3.8) is 0 Å². The van der Waals surface area contributed by atoms with E-state index in [0.717, 1.165) is 25.3 Å². The molecule has 0 saturated heterocycles. The van der Waals surface area contributed by atoms with E-state index < -0.39 is 0 Å². The van der Waals surface area contributed by atoms with Gasteiger partial charge in [0.1, 0.15) is 0 Å². The Balaban J connectivity index is 0.00000264. The molecule has 126 valence electrons. The van der Waals surface area contributed by atoms with Gasteiger partial charge in [0.2, 0.25) is 0 Å². The van der Waals surface area contributed by atoms with E-state index in [-0.39, 0.29) is 30.0 Å². The SMILES string of the molecule is CCc1cnc(CCNC(=NC)NC(C)c2ccccc2)s1.I. The van der Waals surface area contributed by atoms with E-state index in [1.807, 2.05) is 12.3 Å². The van der Waals surface area contributed by atoms with E-state index in [4.69, 9.17) is 0 Å². The fourth-order valence-corrected chi connectivity index (χ4v) is 3.00. The first-order valence-corrected chi connectivity index (χ1v) is 8.50. The zero-order valence-electron chi connectivity index (χ0n) is 13.9. The molecule has 2 rings (SSSR count). The molecule has 1 unspecified atom stereocenters. The molecule has 0 fully saturated rings. The zero-order valence-corrected chi connectivity index (χ0v) is 17.0. The highest BCUT2D eigenvalue weighted by Gasteiger charge is 2.07. The van der Waals surface area contributed by atoms with Crippen LogP contribution in [-0.4, -0.2) is 24.5 Å². The van der Waals surface area contributed by atoms with E-state index in [1.165, 1.54) is 15.4 Å². The predicted molar refractivity (Wildman–Crippen MR) is 110 cm³/mol. The maximum absolute atomic E-state index is 4.44. The molecule has 2 N–H and O–H groups in total. The highest BCUT2D eigenvalue weighted by molar-refractivity contribution is 14.0. The second-order valence-corrected chi connectivity index (χ2v) is 6.30. The molecule has 23 heavy (non-hydrogen) atoms. The zero-order chi connectivity index (χ0) is 15.8. The molecule has 0 bridgehead atoms. The number of rotatable bonds is 6. The van der Waals surface area contributed by atoms with Crippen molar-refractivity contribution in [3.8, 4) is 0 Å². The summed E-state index contributed by atoms with van der Waals surface area (Å²) in [5.41, 5.74) is 1.25. The topological polar surface area (TPSA) is 49.3 Å². The molecule has 4 nitrogen and oxygen atoms in total. The normalized spacial score (nSPS) is 12.4. The quantitative estimate of drug-likeness (QED) is 0.405. The van der Waals surface area contributed by atoms with Crippen LogP contribution in [0.1, 0.15) is 35.3 Å². The monoisotopic (exact) mass is 444 g/mol. The molecule has 1 heterocycles. The number of guanidine groups is 1. The summed E-state index contributed by atoms with van der Waals surface area (Å²) in [6, 6.07) is 10.6. The third-order valence-corrected chi connectivity index (χ3v) is 4.66. The lowest BCUT2D eigenvalue weighted by molar-refractivity contribution is 0.684. The maximum Gasteiger partial charge on any atom is 0.191 e. The van der Waals surface area contributed by atoms with Crippen LogP contribution >= 0.6 is 35.3 Å². The molecule has 0 aliphatic carbocycles. The standard InChI is InChI=1S/C17H24N4S.HI/c1-4-15-12-20-16(22-15)10-11-19-17(18-3)21-13(2)14-8-6-5-7-9-14;/h5-9,12-13H,4,10-11H2,1-3H3,(H2,18,19,21);1H. The summed E-state index contributed by atoms with van der Waals surface area (Å²) < 4.78 is 0. The van der Waals surface area contributed by atoms with Gasteiger partial charge in [-0.25, -0.2) is 4.98 Å². The van der Waals surface area contributed by atoms with E-state index >= 15 is 0 Å². The Morgan fingerprint density at radius 1 is 1.30 bits per heavy atom. The summed E-state index contributed by atoms with van der Waals surface area (Å²) in [5.74, 6) is 0.823. The molecular formula is C17H25IN4S. The third-order valence-electron chi connectivity index (χ3n) is 3.46. The van der Waals surface area contributed by atoms with Gasteiger partial charge in [0.15, 0.2) is 5.96 Å². The average molecular weight is 444 g/mol. The number of thiazole rings is 1. The van der Waals surface area contributed by atoms with Crippen molar-refractivity contribution in [1.29, 1.82) is 0 Å². The number of nitrogens with one attached hydrogen (secondary N) is 2. The molecule has 1 atom stereocenters. The van der Waals surface area contributed by atoms with Gasteiger partial charge in [0.05, 0.1) is 11.0 Å². The molecule has 0 amide bonds. The molecule has 0 saturated carbocycles. The first-order valence-electron chi connectivity index (χ1n) is 7.68. The molecule has 0 radical (unpaired) electrons. The van der Waals surface area contributed by atoms with Crippen molar-refractivity contribution < 1.29 is 0 Å². The van der Waals surface area contributed by atoms with Crippen LogP contribution in [0.25, 0.3) is 0 Å². The fourth-order valence-electron chi connectivity index (χ4n) is 2.14. The highest BCUT2D eigenvalue weighted by Crippen LogP contribution is 2.13. The number of halogens is 1. The van der Waals surface area contributed by atoms with Gasteiger partial charge in [-0.3, -0.25) is 4.99 Å². The van der Waals surface area contributed by atoms with E-state index in [0.29, 0.717) is 0 Å². The summed E-state index contributed by atoms with van der Waals surface area (Å²) >= 11 is 1.79. The highest BCUT2D eigenvalue weighted by atomic mass is 127. The van der Waals surface area contributed by atoms with Crippen LogP contribution in [0.2, 0.25) is 0 Å². The van der Waals surface area contributed by atoms with E-state index in [1.54, 1.807) is 18.4 Å². The smallest absolute Gasteiger partial charge is 0.191 e. The van der Waals surface area contributed by atoms with Crippen LogP contribution in [0.4, 0.5) is 0 Å². The van der Waals surface area contributed by atoms with Crippen molar-refractivity contribution >= 4 is 41.3 Å². The minimum Gasteiger partial charge on any atom is -0.356 e.